The summed E-state index contributed by atoms with van der Waals surface area (Å²) in [6.07, 6.45) is 3.71. The first-order valence-electron chi connectivity index (χ1n) is 6.31. The van der Waals surface area contributed by atoms with Gasteiger partial charge < -0.3 is 5.32 Å². The lowest BCUT2D eigenvalue weighted by Gasteiger charge is -2.09. The molecule has 2 heterocycles. The van der Waals surface area contributed by atoms with Crippen LogP contribution in [0.3, 0.4) is 0 Å². The number of nitrogens with zero attached hydrogens (tertiary/aromatic N) is 3. The van der Waals surface area contributed by atoms with Crippen LogP contribution in [0.1, 0.15) is 11.1 Å². The van der Waals surface area contributed by atoms with Crippen molar-refractivity contribution >= 4 is 28.6 Å². The molecule has 0 fully saturated rings. The first kappa shape index (κ1) is 12.9. The van der Waals surface area contributed by atoms with Crippen LogP contribution in [0.25, 0.3) is 11.0 Å². The molecular formula is C14H15N5S. The van der Waals surface area contributed by atoms with Crippen LogP contribution in [-0.2, 0) is 6.54 Å². The Kier molecular flexibility index (Phi) is 3.56. The summed E-state index contributed by atoms with van der Waals surface area (Å²) in [7, 11) is 0. The van der Waals surface area contributed by atoms with E-state index in [0.29, 0.717) is 0 Å². The second kappa shape index (κ2) is 5.50. The summed E-state index contributed by atoms with van der Waals surface area (Å²) < 4.78 is 0. The highest BCUT2D eigenvalue weighted by atomic mass is 32.2. The normalized spacial score (nSPS) is 10.9. The molecule has 2 aromatic heterocycles. The minimum absolute atomic E-state index is 0.731. The van der Waals surface area contributed by atoms with Crippen LogP contribution in [0.2, 0.25) is 0 Å². The van der Waals surface area contributed by atoms with E-state index in [1.165, 1.54) is 22.9 Å². The molecule has 0 spiro atoms. The zero-order valence-electron chi connectivity index (χ0n) is 11.3. The molecule has 0 saturated heterocycles. The van der Waals surface area contributed by atoms with Gasteiger partial charge in [-0.1, -0.05) is 36.0 Å². The Morgan fingerprint density at radius 2 is 2.10 bits per heavy atom. The van der Waals surface area contributed by atoms with Crippen molar-refractivity contribution in [2.45, 2.75) is 18.6 Å². The lowest BCUT2D eigenvalue weighted by molar-refractivity contribution is 0.970. The summed E-state index contributed by atoms with van der Waals surface area (Å²) in [6, 6.07) is 8.32. The van der Waals surface area contributed by atoms with Crippen LogP contribution in [-0.4, -0.2) is 26.4 Å². The predicted octanol–water partition coefficient (Wildman–Crippen LogP) is 3.00. The van der Waals surface area contributed by atoms with Gasteiger partial charge in [-0.15, -0.1) is 0 Å². The van der Waals surface area contributed by atoms with Gasteiger partial charge in [-0.3, -0.25) is 5.10 Å². The largest absolute Gasteiger partial charge is 0.365 e. The molecule has 0 atom stereocenters. The van der Waals surface area contributed by atoms with Crippen molar-refractivity contribution in [3.05, 3.63) is 41.6 Å². The molecule has 20 heavy (non-hydrogen) atoms. The summed E-state index contributed by atoms with van der Waals surface area (Å²) in [4.78, 5) is 8.90. The number of nitrogens with one attached hydrogen (secondary N) is 2. The average molecular weight is 285 g/mol. The zero-order chi connectivity index (χ0) is 13.9. The second-order valence-corrected chi connectivity index (χ2v) is 5.24. The van der Waals surface area contributed by atoms with Crippen molar-refractivity contribution in [1.29, 1.82) is 0 Å². The Labute approximate surface area is 121 Å². The standard InChI is InChI=1S/C14H15N5S/c1-9-5-3-4-6-10(9)7-15-12-11-8-16-19-13(11)18-14(17-12)20-2/h3-6,8H,7H2,1-2H3,(H2,15,16,17,18,19). The van der Waals surface area contributed by atoms with E-state index in [1.807, 2.05) is 18.4 Å². The average Bonchev–Trinajstić information content (AvgIpc) is 2.94. The molecule has 3 rings (SSSR count). The SMILES string of the molecule is CSc1nc(NCc2ccccc2C)c2cn[nH]c2n1. The molecule has 6 heteroatoms. The minimum atomic E-state index is 0.731. The monoisotopic (exact) mass is 285 g/mol. The Bertz CT molecular complexity index is 737. The maximum Gasteiger partial charge on any atom is 0.191 e. The van der Waals surface area contributed by atoms with Gasteiger partial charge in [-0.25, -0.2) is 9.97 Å². The number of benzene rings is 1. The maximum absolute atomic E-state index is 4.52. The van der Waals surface area contributed by atoms with Crippen molar-refractivity contribution in [2.24, 2.45) is 0 Å². The number of H-pyrrole nitrogens is 1. The van der Waals surface area contributed by atoms with Crippen LogP contribution < -0.4 is 5.32 Å². The van der Waals surface area contributed by atoms with Crippen LogP contribution in [0, 0.1) is 6.92 Å². The van der Waals surface area contributed by atoms with Crippen LogP contribution in [0.5, 0.6) is 0 Å². The molecule has 0 aliphatic rings. The maximum atomic E-state index is 4.52. The molecule has 1 aromatic carbocycles. The number of aryl methyl sites for hydroxylation is 1. The van der Waals surface area contributed by atoms with E-state index in [0.717, 1.165) is 28.6 Å². The van der Waals surface area contributed by atoms with Crippen molar-refractivity contribution in [1.82, 2.24) is 20.2 Å². The lowest BCUT2D eigenvalue weighted by Crippen LogP contribution is -2.04. The van der Waals surface area contributed by atoms with E-state index in [1.54, 1.807) is 6.20 Å². The molecular weight excluding hydrogens is 270 g/mol. The number of fused-ring (bicyclic) bond motifs is 1. The summed E-state index contributed by atoms with van der Waals surface area (Å²) in [5.74, 6) is 0.816. The quantitative estimate of drug-likeness (QED) is 0.570. The highest BCUT2D eigenvalue weighted by Crippen LogP contribution is 2.22. The van der Waals surface area contributed by atoms with Gasteiger partial charge in [-0.2, -0.15) is 5.10 Å². The lowest BCUT2D eigenvalue weighted by atomic mass is 10.1. The molecule has 0 radical (unpaired) electrons. The fourth-order valence-corrected chi connectivity index (χ4v) is 2.39. The first-order valence-corrected chi connectivity index (χ1v) is 7.54. The first-order chi connectivity index (χ1) is 9.78. The molecule has 5 nitrogen and oxygen atoms in total. The summed E-state index contributed by atoms with van der Waals surface area (Å²) in [5.41, 5.74) is 3.28. The number of aromatic nitrogens is 4. The number of rotatable bonds is 4. The summed E-state index contributed by atoms with van der Waals surface area (Å²) in [5, 5.41) is 11.9. The highest BCUT2D eigenvalue weighted by Gasteiger charge is 2.09. The molecule has 0 amide bonds. The number of thioether (sulfide) groups is 1. The Morgan fingerprint density at radius 3 is 2.90 bits per heavy atom. The zero-order valence-corrected chi connectivity index (χ0v) is 12.2. The van der Waals surface area contributed by atoms with Crippen LogP contribution >= 0.6 is 11.8 Å². The second-order valence-electron chi connectivity index (χ2n) is 4.47. The van der Waals surface area contributed by atoms with E-state index < -0.39 is 0 Å². The van der Waals surface area contributed by atoms with Gasteiger partial charge in [0.05, 0.1) is 11.6 Å². The van der Waals surface area contributed by atoms with Gasteiger partial charge >= 0.3 is 0 Å². The fraction of sp³-hybridized carbons (Fsp3) is 0.214. The molecule has 0 unspecified atom stereocenters. The number of anilines is 1. The van der Waals surface area contributed by atoms with E-state index in [9.17, 15) is 0 Å². The number of hydrogen-bond acceptors (Lipinski definition) is 5. The van der Waals surface area contributed by atoms with Crippen LogP contribution in [0.15, 0.2) is 35.6 Å². The smallest absolute Gasteiger partial charge is 0.191 e. The van der Waals surface area contributed by atoms with Gasteiger partial charge in [0.2, 0.25) is 0 Å². The molecule has 0 saturated carbocycles. The molecule has 0 aliphatic heterocycles. The van der Waals surface area contributed by atoms with Gasteiger partial charge in [0, 0.05) is 6.54 Å². The van der Waals surface area contributed by atoms with Gasteiger partial charge in [0.15, 0.2) is 10.8 Å². The van der Waals surface area contributed by atoms with Crippen molar-refractivity contribution in [3.8, 4) is 0 Å². The van der Waals surface area contributed by atoms with Crippen molar-refractivity contribution < 1.29 is 0 Å². The van der Waals surface area contributed by atoms with Gasteiger partial charge in [0.1, 0.15) is 5.82 Å². The van der Waals surface area contributed by atoms with E-state index in [2.05, 4.69) is 44.5 Å². The molecule has 102 valence electrons. The third kappa shape index (κ3) is 2.46. The Balaban J connectivity index is 1.90. The Hall–Kier alpha value is -2.08. The predicted molar refractivity (Wildman–Crippen MR) is 82.0 cm³/mol. The number of aromatic amines is 1. The number of hydrogen-bond donors (Lipinski definition) is 2. The van der Waals surface area contributed by atoms with E-state index >= 15 is 0 Å². The minimum Gasteiger partial charge on any atom is -0.365 e. The third-order valence-corrected chi connectivity index (χ3v) is 3.73. The topological polar surface area (TPSA) is 66.5 Å². The van der Waals surface area contributed by atoms with Crippen molar-refractivity contribution in [3.63, 3.8) is 0 Å². The van der Waals surface area contributed by atoms with Gasteiger partial charge in [-0.05, 0) is 24.3 Å². The van der Waals surface area contributed by atoms with E-state index in [-0.39, 0.29) is 0 Å². The van der Waals surface area contributed by atoms with E-state index in [4.69, 9.17) is 0 Å². The third-order valence-electron chi connectivity index (χ3n) is 3.18. The molecule has 2 N–H and O–H groups in total. The van der Waals surface area contributed by atoms with Gasteiger partial charge in [0.25, 0.3) is 0 Å². The fourth-order valence-electron chi connectivity index (χ4n) is 2.03. The Morgan fingerprint density at radius 1 is 1.25 bits per heavy atom. The summed E-state index contributed by atoms with van der Waals surface area (Å²) >= 11 is 1.52. The molecule has 0 bridgehead atoms. The molecule has 3 aromatic rings. The summed E-state index contributed by atoms with van der Waals surface area (Å²) in [6.45, 7) is 2.84. The molecule has 0 aliphatic carbocycles. The highest BCUT2D eigenvalue weighted by molar-refractivity contribution is 7.98. The van der Waals surface area contributed by atoms with Crippen LogP contribution in [0.4, 0.5) is 5.82 Å². The van der Waals surface area contributed by atoms with Crippen molar-refractivity contribution in [2.75, 3.05) is 11.6 Å².